The molecular weight excluding hydrogens is 240 g/mol. The van der Waals surface area contributed by atoms with E-state index < -0.39 is 5.97 Å². The number of carbonyl (C=O) groups is 2. The molecule has 0 spiro atoms. The number of aryl methyl sites for hydroxylation is 1. The van der Waals surface area contributed by atoms with Crippen molar-refractivity contribution >= 4 is 11.8 Å². The first-order valence-electron chi connectivity index (χ1n) is 5.94. The van der Waals surface area contributed by atoms with Gasteiger partial charge in [0.2, 0.25) is 0 Å². The minimum Gasteiger partial charge on any atom is -0.478 e. The molecule has 96 valence electrons. The third-order valence-corrected chi connectivity index (χ3v) is 3.02. The Morgan fingerprint density at radius 2 is 1.63 bits per heavy atom. The highest BCUT2D eigenvalue weighted by Crippen LogP contribution is 2.25. The summed E-state index contributed by atoms with van der Waals surface area (Å²) < 4.78 is 0. The number of aromatic carboxylic acids is 1. The molecule has 0 radical (unpaired) electrons. The molecule has 0 aliphatic rings. The molecule has 1 N–H and O–H groups in total. The topological polar surface area (TPSA) is 54.4 Å². The van der Waals surface area contributed by atoms with Gasteiger partial charge < -0.3 is 5.11 Å². The zero-order valence-electron chi connectivity index (χ0n) is 10.8. The monoisotopic (exact) mass is 254 g/mol. The number of ketones is 1. The maximum absolute atomic E-state index is 11.3. The van der Waals surface area contributed by atoms with E-state index in [1.807, 2.05) is 31.2 Å². The first kappa shape index (κ1) is 13.0. The van der Waals surface area contributed by atoms with Crippen LogP contribution in [-0.4, -0.2) is 16.9 Å². The summed E-state index contributed by atoms with van der Waals surface area (Å²) in [6.07, 6.45) is 0. The van der Waals surface area contributed by atoms with Crippen LogP contribution in [0.1, 0.15) is 33.2 Å². The van der Waals surface area contributed by atoms with E-state index >= 15 is 0 Å². The first-order chi connectivity index (χ1) is 8.99. The number of benzene rings is 2. The molecule has 0 aromatic heterocycles. The van der Waals surface area contributed by atoms with Crippen molar-refractivity contribution in [1.29, 1.82) is 0 Å². The largest absolute Gasteiger partial charge is 0.478 e. The van der Waals surface area contributed by atoms with Crippen LogP contribution in [0.5, 0.6) is 0 Å². The lowest BCUT2D eigenvalue weighted by molar-refractivity contribution is 0.0697. The molecule has 0 fully saturated rings. The average molecular weight is 254 g/mol. The summed E-state index contributed by atoms with van der Waals surface area (Å²) in [7, 11) is 0. The van der Waals surface area contributed by atoms with Gasteiger partial charge >= 0.3 is 5.97 Å². The molecule has 3 nitrogen and oxygen atoms in total. The standard InChI is InChI=1S/C16H14O3/c1-10-3-5-12(6-4-10)14-8-7-13(11(2)17)9-15(14)16(18)19/h3-9H,1-2H3,(H,18,19). The van der Waals surface area contributed by atoms with Crippen LogP contribution in [0.25, 0.3) is 11.1 Å². The minimum atomic E-state index is -1.03. The summed E-state index contributed by atoms with van der Waals surface area (Å²) in [5.74, 6) is -1.17. The Hall–Kier alpha value is -2.42. The second-order valence-electron chi connectivity index (χ2n) is 4.49. The van der Waals surface area contributed by atoms with Crippen LogP contribution in [0.3, 0.4) is 0 Å². The van der Waals surface area contributed by atoms with Crippen molar-refractivity contribution in [1.82, 2.24) is 0 Å². The van der Waals surface area contributed by atoms with Crippen LogP contribution >= 0.6 is 0 Å². The molecule has 0 saturated heterocycles. The van der Waals surface area contributed by atoms with Crippen LogP contribution in [-0.2, 0) is 0 Å². The number of hydrogen-bond acceptors (Lipinski definition) is 2. The number of carboxylic acids is 1. The second kappa shape index (κ2) is 5.06. The molecule has 0 aliphatic heterocycles. The van der Waals surface area contributed by atoms with Gasteiger partial charge in [-0.15, -0.1) is 0 Å². The second-order valence-corrected chi connectivity index (χ2v) is 4.49. The normalized spacial score (nSPS) is 10.2. The van der Waals surface area contributed by atoms with Crippen molar-refractivity contribution in [3.8, 4) is 11.1 Å². The Kier molecular flexibility index (Phi) is 3.47. The van der Waals surface area contributed by atoms with E-state index in [-0.39, 0.29) is 11.3 Å². The summed E-state index contributed by atoms with van der Waals surface area (Å²) in [4.78, 5) is 22.6. The van der Waals surface area contributed by atoms with E-state index in [0.717, 1.165) is 11.1 Å². The van der Waals surface area contributed by atoms with Gasteiger partial charge in [-0.25, -0.2) is 4.79 Å². The fraction of sp³-hybridized carbons (Fsp3) is 0.125. The Bertz CT molecular complexity index is 640. The molecule has 2 aromatic rings. The third-order valence-electron chi connectivity index (χ3n) is 3.02. The van der Waals surface area contributed by atoms with Crippen LogP contribution in [0.2, 0.25) is 0 Å². The molecular formula is C16H14O3. The highest BCUT2D eigenvalue weighted by molar-refractivity contribution is 6.01. The summed E-state index contributed by atoms with van der Waals surface area (Å²) >= 11 is 0. The highest BCUT2D eigenvalue weighted by atomic mass is 16.4. The van der Waals surface area contributed by atoms with Crippen molar-refractivity contribution in [2.75, 3.05) is 0 Å². The number of carbonyl (C=O) groups excluding carboxylic acids is 1. The van der Waals surface area contributed by atoms with Crippen LogP contribution in [0.15, 0.2) is 42.5 Å². The Morgan fingerprint density at radius 3 is 2.16 bits per heavy atom. The summed E-state index contributed by atoms with van der Waals surface area (Å²) in [6, 6.07) is 12.4. The third kappa shape index (κ3) is 2.71. The molecule has 0 bridgehead atoms. The number of rotatable bonds is 3. The van der Waals surface area contributed by atoms with E-state index in [0.29, 0.717) is 11.1 Å². The van der Waals surface area contributed by atoms with Gasteiger partial charge in [0.25, 0.3) is 0 Å². The molecule has 0 atom stereocenters. The molecule has 3 heteroatoms. The molecule has 19 heavy (non-hydrogen) atoms. The van der Waals surface area contributed by atoms with Crippen LogP contribution in [0, 0.1) is 6.92 Å². The van der Waals surface area contributed by atoms with Crippen molar-refractivity contribution in [3.63, 3.8) is 0 Å². The van der Waals surface area contributed by atoms with E-state index in [9.17, 15) is 14.7 Å². The van der Waals surface area contributed by atoms with Gasteiger partial charge in [-0.05, 0) is 31.0 Å². The molecule has 0 unspecified atom stereocenters. The van der Waals surface area contributed by atoms with E-state index in [1.54, 1.807) is 12.1 Å². The number of carboxylic acid groups (broad SMARTS) is 1. The van der Waals surface area contributed by atoms with Crippen LogP contribution < -0.4 is 0 Å². The summed E-state index contributed by atoms with van der Waals surface area (Å²) in [5.41, 5.74) is 3.13. The fourth-order valence-corrected chi connectivity index (χ4v) is 1.93. The zero-order valence-corrected chi connectivity index (χ0v) is 10.8. The highest BCUT2D eigenvalue weighted by Gasteiger charge is 2.13. The van der Waals surface area contributed by atoms with E-state index in [1.165, 1.54) is 13.0 Å². The van der Waals surface area contributed by atoms with Gasteiger partial charge in [0.1, 0.15) is 0 Å². The fourth-order valence-electron chi connectivity index (χ4n) is 1.93. The average Bonchev–Trinajstić information content (AvgIpc) is 2.38. The summed E-state index contributed by atoms with van der Waals surface area (Å²) in [5, 5.41) is 9.28. The van der Waals surface area contributed by atoms with Crippen molar-refractivity contribution < 1.29 is 14.7 Å². The Balaban J connectivity index is 2.59. The molecule has 0 aliphatic carbocycles. The molecule has 0 saturated carbocycles. The molecule has 2 rings (SSSR count). The predicted molar refractivity (Wildman–Crippen MR) is 73.6 cm³/mol. The lowest BCUT2D eigenvalue weighted by atomic mass is 9.96. The van der Waals surface area contributed by atoms with Gasteiger partial charge in [0.15, 0.2) is 5.78 Å². The maximum Gasteiger partial charge on any atom is 0.336 e. The van der Waals surface area contributed by atoms with Crippen molar-refractivity contribution in [3.05, 3.63) is 59.2 Å². The number of hydrogen-bond donors (Lipinski definition) is 1. The Labute approximate surface area is 111 Å². The molecule has 0 amide bonds. The maximum atomic E-state index is 11.3. The summed E-state index contributed by atoms with van der Waals surface area (Å²) in [6.45, 7) is 3.40. The lowest BCUT2D eigenvalue weighted by Crippen LogP contribution is -2.03. The SMILES string of the molecule is CC(=O)c1ccc(-c2ccc(C)cc2)c(C(=O)O)c1. The Morgan fingerprint density at radius 1 is 1.00 bits per heavy atom. The predicted octanol–water partition coefficient (Wildman–Crippen LogP) is 3.56. The van der Waals surface area contributed by atoms with Gasteiger partial charge in [0.05, 0.1) is 5.56 Å². The first-order valence-corrected chi connectivity index (χ1v) is 5.94. The number of Topliss-reactive ketones (excluding diaryl/α,β-unsaturated/α-hetero) is 1. The lowest BCUT2D eigenvalue weighted by Gasteiger charge is -2.08. The molecule has 0 heterocycles. The van der Waals surface area contributed by atoms with Crippen LogP contribution in [0.4, 0.5) is 0 Å². The van der Waals surface area contributed by atoms with Gasteiger partial charge in [-0.2, -0.15) is 0 Å². The smallest absolute Gasteiger partial charge is 0.336 e. The van der Waals surface area contributed by atoms with Gasteiger partial charge in [-0.3, -0.25) is 4.79 Å². The quantitative estimate of drug-likeness (QED) is 0.852. The van der Waals surface area contributed by atoms with E-state index in [2.05, 4.69) is 0 Å². The van der Waals surface area contributed by atoms with E-state index in [4.69, 9.17) is 0 Å². The van der Waals surface area contributed by atoms with Crippen molar-refractivity contribution in [2.45, 2.75) is 13.8 Å². The van der Waals surface area contributed by atoms with Crippen molar-refractivity contribution in [2.24, 2.45) is 0 Å². The van der Waals surface area contributed by atoms with Gasteiger partial charge in [0, 0.05) is 5.56 Å². The molecule has 2 aromatic carbocycles. The zero-order chi connectivity index (χ0) is 14.0. The minimum absolute atomic E-state index is 0.141. The van der Waals surface area contributed by atoms with Gasteiger partial charge in [-0.1, -0.05) is 42.0 Å².